The number of nitrogens with zero attached hydrogens (tertiary/aromatic N) is 2. The minimum absolute atomic E-state index is 0.520. The van der Waals surface area contributed by atoms with Crippen LogP contribution in [0.1, 0.15) is 22.9 Å². The summed E-state index contributed by atoms with van der Waals surface area (Å²) in [5.41, 5.74) is 12.8. The fraction of sp³-hybridized carbons (Fsp3) is 0.0182. The zero-order chi connectivity index (χ0) is 39.6. The Bertz CT molecular complexity index is 3490. The summed E-state index contributed by atoms with van der Waals surface area (Å²) >= 11 is 0. The third-order valence-electron chi connectivity index (χ3n) is 11.8. The maximum atomic E-state index is 6.70. The van der Waals surface area contributed by atoms with Crippen LogP contribution in [-0.2, 0) is 0 Å². The standard InChI is InChI=1S/C55H35N3O2/c1-3-12-34(13-4-1)36-22-26-38(27-23-36)42-30-31-48-50(46-32-40-16-7-8-17-41(40)33-49(46)59-48)51(42)55-57-53(39-28-24-37(25-29-39)35-14-5-2-6-15-35)56-54(58-55)45-20-11-19-44-43-18-9-10-21-47(43)60-52(44)45/h1-33,54H,(H,56,57,58). The molecule has 0 amide bonds. The lowest BCUT2D eigenvalue weighted by Crippen LogP contribution is -2.34. The van der Waals surface area contributed by atoms with Crippen LogP contribution in [0.2, 0.25) is 0 Å². The first-order valence-corrected chi connectivity index (χ1v) is 20.3. The van der Waals surface area contributed by atoms with Crippen LogP contribution >= 0.6 is 0 Å². The van der Waals surface area contributed by atoms with Crippen LogP contribution in [0.4, 0.5) is 0 Å². The topological polar surface area (TPSA) is 63.0 Å². The summed E-state index contributed by atoms with van der Waals surface area (Å²) in [6, 6.07) is 69.8. The number of hydrogen-bond donors (Lipinski definition) is 1. The summed E-state index contributed by atoms with van der Waals surface area (Å²) in [5.74, 6) is 1.33. The molecule has 1 atom stereocenters. The van der Waals surface area contributed by atoms with Crippen molar-refractivity contribution in [1.29, 1.82) is 0 Å². The second-order valence-electron chi connectivity index (χ2n) is 15.3. The van der Waals surface area contributed by atoms with E-state index in [1.54, 1.807) is 0 Å². The van der Waals surface area contributed by atoms with E-state index in [1.165, 1.54) is 5.56 Å². The molecule has 2 aromatic heterocycles. The number of furan rings is 2. The lowest BCUT2D eigenvalue weighted by molar-refractivity contribution is 0.628. The van der Waals surface area contributed by atoms with Gasteiger partial charge in [0.2, 0.25) is 0 Å². The number of hydrogen-bond acceptors (Lipinski definition) is 5. The lowest BCUT2D eigenvalue weighted by atomic mass is 9.92. The van der Waals surface area contributed by atoms with Crippen molar-refractivity contribution in [3.05, 3.63) is 217 Å². The summed E-state index contributed by atoms with van der Waals surface area (Å²) in [7, 11) is 0. The van der Waals surface area contributed by atoms with Gasteiger partial charge in [-0.3, -0.25) is 0 Å². The second-order valence-corrected chi connectivity index (χ2v) is 15.3. The van der Waals surface area contributed by atoms with Crippen molar-refractivity contribution < 1.29 is 8.83 Å². The van der Waals surface area contributed by atoms with Crippen LogP contribution in [0, 0.1) is 0 Å². The SMILES string of the molecule is c1ccc(-c2ccc(C3=NC(c4cccc5c4oc4ccccc45)NC(c4c(-c5ccc(-c6ccccc6)cc5)ccc5oc6cc7ccccc7cc6c45)=N3)cc2)cc1. The van der Waals surface area contributed by atoms with Crippen LogP contribution in [0.3, 0.4) is 0 Å². The fourth-order valence-electron chi connectivity index (χ4n) is 8.81. The monoisotopic (exact) mass is 769 g/mol. The fourth-order valence-corrected chi connectivity index (χ4v) is 8.81. The van der Waals surface area contributed by atoms with Crippen LogP contribution < -0.4 is 5.32 Å². The molecule has 1 unspecified atom stereocenters. The second kappa shape index (κ2) is 13.8. The predicted octanol–water partition coefficient (Wildman–Crippen LogP) is 14.1. The van der Waals surface area contributed by atoms with Crippen LogP contribution in [-0.4, -0.2) is 11.7 Å². The first kappa shape index (κ1) is 34.1. The lowest BCUT2D eigenvalue weighted by Gasteiger charge is -2.25. The molecule has 1 aliphatic rings. The Hall–Kier alpha value is -8.02. The average Bonchev–Trinajstić information content (AvgIpc) is 3.89. The smallest absolute Gasteiger partial charge is 0.159 e. The molecule has 0 spiro atoms. The van der Waals surface area contributed by atoms with Crippen molar-refractivity contribution in [2.75, 3.05) is 0 Å². The molecule has 60 heavy (non-hydrogen) atoms. The van der Waals surface area contributed by atoms with Crippen LogP contribution in [0.15, 0.2) is 219 Å². The maximum Gasteiger partial charge on any atom is 0.159 e. The molecule has 1 aliphatic heterocycles. The number of aliphatic imine (C=N–C) groups is 2. The number of para-hydroxylation sites is 2. The maximum absolute atomic E-state index is 6.70. The van der Waals surface area contributed by atoms with Crippen molar-refractivity contribution in [2.24, 2.45) is 9.98 Å². The normalized spacial score (nSPS) is 14.2. The van der Waals surface area contributed by atoms with E-state index in [0.717, 1.165) is 99.2 Å². The van der Waals surface area contributed by atoms with Crippen molar-refractivity contribution in [2.45, 2.75) is 6.17 Å². The molecule has 5 nitrogen and oxygen atoms in total. The molecular formula is C55H35N3O2. The summed E-state index contributed by atoms with van der Waals surface area (Å²) < 4.78 is 13.3. The molecule has 9 aromatic carbocycles. The molecule has 12 rings (SSSR count). The minimum Gasteiger partial charge on any atom is -0.456 e. The molecule has 0 bridgehead atoms. The van der Waals surface area contributed by atoms with Crippen LogP contribution in [0.25, 0.3) is 88.0 Å². The van der Waals surface area contributed by atoms with Gasteiger partial charge in [0.15, 0.2) is 12.0 Å². The molecule has 282 valence electrons. The van der Waals surface area contributed by atoms with E-state index in [1.807, 2.05) is 24.3 Å². The van der Waals surface area contributed by atoms with E-state index < -0.39 is 6.17 Å². The van der Waals surface area contributed by atoms with Crippen LogP contribution in [0.5, 0.6) is 0 Å². The van der Waals surface area contributed by atoms with Gasteiger partial charge in [-0.15, -0.1) is 0 Å². The van der Waals surface area contributed by atoms with Gasteiger partial charge in [0.05, 0.1) is 0 Å². The molecule has 3 heterocycles. The average molecular weight is 770 g/mol. The highest BCUT2D eigenvalue weighted by molar-refractivity contribution is 6.25. The molecular weight excluding hydrogens is 735 g/mol. The molecule has 0 aliphatic carbocycles. The van der Waals surface area contributed by atoms with Gasteiger partial charge in [-0.2, -0.15) is 0 Å². The third-order valence-corrected chi connectivity index (χ3v) is 11.8. The van der Waals surface area contributed by atoms with Gasteiger partial charge in [0.25, 0.3) is 0 Å². The van der Waals surface area contributed by atoms with Crippen molar-refractivity contribution >= 4 is 66.3 Å². The molecule has 1 N–H and O–H groups in total. The Morgan fingerprint density at radius 2 is 1.02 bits per heavy atom. The highest BCUT2D eigenvalue weighted by Crippen LogP contribution is 2.41. The summed E-state index contributed by atoms with van der Waals surface area (Å²) in [6.45, 7) is 0. The summed E-state index contributed by atoms with van der Waals surface area (Å²) in [6.07, 6.45) is -0.520. The largest absolute Gasteiger partial charge is 0.456 e. The van der Waals surface area contributed by atoms with Gasteiger partial charge in [0.1, 0.15) is 28.2 Å². The van der Waals surface area contributed by atoms with Crippen molar-refractivity contribution in [1.82, 2.24) is 5.32 Å². The quantitative estimate of drug-likeness (QED) is 0.183. The van der Waals surface area contributed by atoms with Crippen molar-refractivity contribution in [3.8, 4) is 33.4 Å². The van der Waals surface area contributed by atoms with E-state index in [-0.39, 0.29) is 0 Å². The molecule has 0 saturated carbocycles. The highest BCUT2D eigenvalue weighted by atomic mass is 16.3. The van der Waals surface area contributed by atoms with E-state index in [4.69, 9.17) is 18.8 Å². The van der Waals surface area contributed by atoms with Gasteiger partial charge in [-0.25, -0.2) is 9.98 Å². The Balaban J connectivity index is 1.10. The number of rotatable bonds is 6. The van der Waals surface area contributed by atoms with Gasteiger partial charge >= 0.3 is 0 Å². The van der Waals surface area contributed by atoms with E-state index in [2.05, 4.69) is 181 Å². The molecule has 0 radical (unpaired) electrons. The number of fused-ring (bicyclic) bond motifs is 7. The Morgan fingerprint density at radius 3 is 1.75 bits per heavy atom. The molecule has 0 fully saturated rings. The zero-order valence-electron chi connectivity index (χ0n) is 32.3. The van der Waals surface area contributed by atoms with E-state index >= 15 is 0 Å². The Kier molecular flexibility index (Phi) is 7.85. The number of benzene rings is 9. The van der Waals surface area contributed by atoms with E-state index in [0.29, 0.717) is 11.7 Å². The Morgan fingerprint density at radius 1 is 0.417 bits per heavy atom. The summed E-state index contributed by atoms with van der Waals surface area (Å²) in [4.78, 5) is 10.8. The molecule has 5 heteroatoms. The van der Waals surface area contributed by atoms with Crippen molar-refractivity contribution in [3.63, 3.8) is 0 Å². The molecule has 11 aromatic rings. The zero-order valence-corrected chi connectivity index (χ0v) is 32.3. The number of nitrogens with one attached hydrogen (secondary N) is 1. The van der Waals surface area contributed by atoms with E-state index in [9.17, 15) is 0 Å². The minimum atomic E-state index is -0.520. The number of amidine groups is 2. The first-order valence-electron chi connectivity index (χ1n) is 20.3. The highest BCUT2D eigenvalue weighted by Gasteiger charge is 2.29. The summed E-state index contributed by atoms with van der Waals surface area (Å²) in [5, 5.41) is 10.3. The van der Waals surface area contributed by atoms with Gasteiger partial charge < -0.3 is 14.2 Å². The van der Waals surface area contributed by atoms with Gasteiger partial charge in [0, 0.05) is 38.2 Å². The Labute approximate surface area is 345 Å². The van der Waals surface area contributed by atoms with Gasteiger partial charge in [-0.1, -0.05) is 170 Å². The van der Waals surface area contributed by atoms with Gasteiger partial charge in [-0.05, 0) is 74.5 Å². The first-order chi connectivity index (χ1) is 29.7. The third kappa shape index (κ3) is 5.70. The molecule has 0 saturated heterocycles. The predicted molar refractivity (Wildman–Crippen MR) is 247 cm³/mol.